The predicted octanol–water partition coefficient (Wildman–Crippen LogP) is 3.42. The van der Waals surface area contributed by atoms with Crippen molar-refractivity contribution < 1.29 is 33.9 Å². The van der Waals surface area contributed by atoms with Gasteiger partial charge in [0.05, 0.1) is 29.0 Å². The third-order valence-electron chi connectivity index (χ3n) is 4.05. The molecule has 0 aliphatic carbocycles. The predicted molar refractivity (Wildman–Crippen MR) is 118 cm³/mol. The van der Waals surface area contributed by atoms with Crippen molar-refractivity contribution in [2.45, 2.75) is 13.5 Å². The molecule has 0 aliphatic heterocycles. The van der Waals surface area contributed by atoms with Gasteiger partial charge in [-0.3, -0.25) is 14.9 Å². The number of amides is 1. The molecule has 12 nitrogen and oxygen atoms in total. The maximum atomic E-state index is 11.2. The maximum Gasteiger partial charge on any atom is 0.342 e. The van der Waals surface area contributed by atoms with Crippen molar-refractivity contribution in [3.8, 4) is 0 Å². The molecule has 3 rings (SSSR count). The highest BCUT2D eigenvalue weighted by Crippen LogP contribution is 2.22. The number of anilines is 3. The Morgan fingerprint density at radius 1 is 1.06 bits per heavy atom. The number of hydrogen-bond donors (Lipinski definition) is 5. The standard InChI is InChI=1S/C14H14N2O4.C7H6N2O4/c1-9(17)16-10-4-5-12(14(18)19)13(7-10)15-8-11-3-2-6-20-11;8-4-1-2-5(7(10)11)6(3-4)9(12)13/h2-7,15H,8H2,1H3,(H,16,17)(H,18,19);1-3H,8H2,(H,10,11). The number of nitro benzene ring substituents is 1. The van der Waals surface area contributed by atoms with Crippen molar-refractivity contribution in [3.63, 3.8) is 0 Å². The number of carboxylic acids is 2. The third-order valence-corrected chi connectivity index (χ3v) is 4.05. The molecule has 0 aliphatic rings. The van der Waals surface area contributed by atoms with Crippen LogP contribution in [0, 0.1) is 10.1 Å². The van der Waals surface area contributed by atoms with Crippen molar-refractivity contribution in [1.29, 1.82) is 0 Å². The Morgan fingerprint density at radius 2 is 1.73 bits per heavy atom. The van der Waals surface area contributed by atoms with Gasteiger partial charge in [-0.25, -0.2) is 9.59 Å². The molecule has 6 N–H and O–H groups in total. The van der Waals surface area contributed by atoms with Gasteiger partial charge >= 0.3 is 11.9 Å². The molecular weight excluding hydrogens is 436 g/mol. The molecular formula is C21H20N4O8. The van der Waals surface area contributed by atoms with Crippen LogP contribution in [-0.2, 0) is 11.3 Å². The summed E-state index contributed by atoms with van der Waals surface area (Å²) in [5.41, 5.74) is 5.66. The van der Waals surface area contributed by atoms with E-state index in [-0.39, 0.29) is 22.7 Å². The topological polar surface area (TPSA) is 198 Å². The number of carbonyl (C=O) groups excluding carboxylic acids is 1. The number of nitrogens with one attached hydrogen (secondary N) is 2. The minimum absolute atomic E-state index is 0.130. The van der Waals surface area contributed by atoms with Crippen molar-refractivity contribution in [2.24, 2.45) is 0 Å². The van der Waals surface area contributed by atoms with E-state index in [1.54, 1.807) is 30.5 Å². The fraction of sp³-hybridized carbons (Fsp3) is 0.0952. The van der Waals surface area contributed by atoms with Crippen LogP contribution < -0.4 is 16.4 Å². The average Bonchev–Trinajstić information content (AvgIpc) is 3.25. The van der Waals surface area contributed by atoms with Crippen LogP contribution in [-0.4, -0.2) is 33.0 Å². The highest BCUT2D eigenvalue weighted by molar-refractivity contribution is 5.97. The molecule has 0 radical (unpaired) electrons. The zero-order valence-corrected chi connectivity index (χ0v) is 17.3. The largest absolute Gasteiger partial charge is 0.478 e. The number of carbonyl (C=O) groups is 3. The van der Waals surface area contributed by atoms with E-state index in [2.05, 4.69) is 10.6 Å². The van der Waals surface area contributed by atoms with E-state index < -0.39 is 22.5 Å². The summed E-state index contributed by atoms with van der Waals surface area (Å²) >= 11 is 0. The Balaban J connectivity index is 0.000000257. The minimum atomic E-state index is -1.34. The molecule has 33 heavy (non-hydrogen) atoms. The van der Waals surface area contributed by atoms with Crippen molar-refractivity contribution >= 4 is 40.6 Å². The van der Waals surface area contributed by atoms with E-state index in [1.807, 2.05) is 0 Å². The summed E-state index contributed by atoms with van der Waals surface area (Å²) in [4.78, 5) is 42.3. The molecule has 0 unspecified atom stereocenters. The number of aromatic carboxylic acids is 2. The van der Waals surface area contributed by atoms with E-state index in [0.29, 0.717) is 23.7 Å². The van der Waals surface area contributed by atoms with Crippen LogP contribution in [0.3, 0.4) is 0 Å². The normalized spacial score (nSPS) is 9.85. The van der Waals surface area contributed by atoms with Crippen LogP contribution in [0.2, 0.25) is 0 Å². The number of carboxylic acid groups (broad SMARTS) is 2. The van der Waals surface area contributed by atoms with Crippen molar-refractivity contribution in [2.75, 3.05) is 16.4 Å². The van der Waals surface area contributed by atoms with Gasteiger partial charge in [0.1, 0.15) is 11.3 Å². The molecule has 0 saturated heterocycles. The highest BCUT2D eigenvalue weighted by atomic mass is 16.6. The number of nitrogens with two attached hydrogens (primary N) is 1. The Bertz CT molecular complexity index is 1180. The smallest absolute Gasteiger partial charge is 0.342 e. The van der Waals surface area contributed by atoms with Gasteiger partial charge in [-0.1, -0.05) is 0 Å². The molecule has 0 saturated carbocycles. The fourth-order valence-corrected chi connectivity index (χ4v) is 2.63. The summed E-state index contributed by atoms with van der Waals surface area (Å²) in [6, 6.07) is 11.5. The molecule has 0 bridgehead atoms. The average molecular weight is 456 g/mol. The number of hydrogen-bond acceptors (Lipinski definition) is 8. The monoisotopic (exact) mass is 456 g/mol. The van der Waals surface area contributed by atoms with E-state index in [9.17, 15) is 24.5 Å². The van der Waals surface area contributed by atoms with Gasteiger partial charge in [-0.15, -0.1) is 0 Å². The second kappa shape index (κ2) is 10.9. The van der Waals surface area contributed by atoms with E-state index in [4.69, 9.17) is 20.4 Å². The first-order chi connectivity index (χ1) is 15.6. The molecule has 12 heteroatoms. The molecule has 0 spiro atoms. The molecule has 2 aromatic carbocycles. The SMILES string of the molecule is CC(=O)Nc1ccc(C(=O)O)c(NCc2ccco2)c1.Nc1ccc(C(=O)O)c([N+](=O)[O-])c1. The zero-order valence-electron chi connectivity index (χ0n) is 17.3. The summed E-state index contributed by atoms with van der Waals surface area (Å²) in [6.07, 6.45) is 1.54. The number of nitro groups is 1. The lowest BCUT2D eigenvalue weighted by molar-refractivity contribution is -0.385. The molecule has 0 atom stereocenters. The summed E-state index contributed by atoms with van der Waals surface area (Å²) in [5, 5.41) is 33.7. The first kappa shape index (κ1) is 24.4. The Morgan fingerprint density at radius 3 is 2.27 bits per heavy atom. The second-order valence-corrected chi connectivity index (χ2v) is 6.52. The molecule has 0 fully saturated rings. The zero-order chi connectivity index (χ0) is 24.5. The first-order valence-electron chi connectivity index (χ1n) is 9.27. The van der Waals surface area contributed by atoms with Crippen LogP contribution in [0.25, 0.3) is 0 Å². The second-order valence-electron chi connectivity index (χ2n) is 6.52. The van der Waals surface area contributed by atoms with Gasteiger partial charge in [0.15, 0.2) is 0 Å². The number of nitrogen functional groups attached to an aromatic ring is 1. The lowest BCUT2D eigenvalue weighted by Gasteiger charge is -2.11. The van der Waals surface area contributed by atoms with Crippen molar-refractivity contribution in [1.82, 2.24) is 0 Å². The lowest BCUT2D eigenvalue weighted by Crippen LogP contribution is -2.09. The van der Waals surface area contributed by atoms with Crippen LogP contribution in [0.1, 0.15) is 33.4 Å². The molecule has 1 heterocycles. The van der Waals surface area contributed by atoms with Gasteiger partial charge in [0.2, 0.25) is 5.91 Å². The molecule has 1 amide bonds. The number of nitrogens with zero attached hydrogens (tertiary/aromatic N) is 1. The first-order valence-corrected chi connectivity index (χ1v) is 9.27. The molecule has 3 aromatic rings. The van der Waals surface area contributed by atoms with E-state index in [0.717, 1.165) is 12.1 Å². The number of rotatable bonds is 7. The van der Waals surface area contributed by atoms with E-state index >= 15 is 0 Å². The fourth-order valence-electron chi connectivity index (χ4n) is 2.63. The lowest BCUT2D eigenvalue weighted by atomic mass is 10.1. The van der Waals surface area contributed by atoms with Gasteiger partial charge in [-0.05, 0) is 42.5 Å². The Labute approximate surface area is 186 Å². The van der Waals surface area contributed by atoms with Crippen LogP contribution in [0.5, 0.6) is 0 Å². The van der Waals surface area contributed by atoms with E-state index in [1.165, 1.54) is 19.1 Å². The van der Waals surface area contributed by atoms with Crippen molar-refractivity contribution in [3.05, 3.63) is 81.8 Å². The quantitative estimate of drug-likeness (QED) is 0.199. The minimum Gasteiger partial charge on any atom is -0.478 e. The summed E-state index contributed by atoms with van der Waals surface area (Å²) < 4.78 is 5.17. The van der Waals surface area contributed by atoms with Gasteiger partial charge in [-0.2, -0.15) is 0 Å². The third kappa shape index (κ3) is 7.10. The molecule has 1 aromatic heterocycles. The Hall–Kier alpha value is -4.87. The highest BCUT2D eigenvalue weighted by Gasteiger charge is 2.19. The number of furan rings is 1. The maximum absolute atomic E-state index is 11.2. The summed E-state index contributed by atoms with van der Waals surface area (Å²) in [7, 11) is 0. The van der Waals surface area contributed by atoms with Crippen LogP contribution >= 0.6 is 0 Å². The summed E-state index contributed by atoms with van der Waals surface area (Å²) in [6.45, 7) is 1.75. The number of benzene rings is 2. The van der Waals surface area contributed by atoms with Gasteiger partial charge in [0.25, 0.3) is 5.69 Å². The van der Waals surface area contributed by atoms with Gasteiger partial charge in [0, 0.05) is 24.4 Å². The van der Waals surface area contributed by atoms with Crippen LogP contribution in [0.15, 0.2) is 59.2 Å². The van der Waals surface area contributed by atoms with Crippen LogP contribution in [0.4, 0.5) is 22.7 Å². The van der Waals surface area contributed by atoms with Gasteiger partial charge < -0.3 is 31.0 Å². The molecule has 172 valence electrons. The Kier molecular flexibility index (Phi) is 8.10. The summed E-state index contributed by atoms with van der Waals surface area (Å²) in [5.74, 6) is -1.91.